The molecular weight excluding hydrogens is 388 g/mol. The van der Waals surface area contributed by atoms with Gasteiger partial charge in [0.1, 0.15) is 17.1 Å². The van der Waals surface area contributed by atoms with Gasteiger partial charge in [-0.3, -0.25) is 0 Å². The molecule has 1 aliphatic heterocycles. The summed E-state index contributed by atoms with van der Waals surface area (Å²) in [4.78, 5) is 0. The fourth-order valence-electron chi connectivity index (χ4n) is 3.91. The molecular formula is C27H40O4. The Bertz CT molecular complexity index is 843. The highest BCUT2D eigenvalue weighted by atomic mass is 16.5. The number of hydrogen-bond donors (Lipinski definition) is 3. The number of fused-ring (bicyclic) bond motifs is 1. The van der Waals surface area contributed by atoms with Crippen LogP contribution in [-0.4, -0.2) is 32.6 Å². The average molecular weight is 429 g/mol. The zero-order valence-corrected chi connectivity index (χ0v) is 20.0. The Morgan fingerprint density at radius 1 is 1.19 bits per heavy atom. The Morgan fingerprint density at radius 2 is 1.90 bits per heavy atom. The lowest BCUT2D eigenvalue weighted by Crippen LogP contribution is -2.39. The smallest absolute Gasteiger partial charge is 0.131 e. The molecule has 3 atom stereocenters. The number of aryl methyl sites for hydroxylation is 1. The summed E-state index contributed by atoms with van der Waals surface area (Å²) in [6, 6.07) is 3.45. The predicted octanol–water partition coefficient (Wildman–Crippen LogP) is 6.23. The minimum absolute atomic E-state index is 0.254. The van der Waals surface area contributed by atoms with E-state index in [1.165, 1.54) is 11.1 Å². The summed E-state index contributed by atoms with van der Waals surface area (Å²) in [5, 5.41) is 30.8. The summed E-state index contributed by atoms with van der Waals surface area (Å²) in [7, 11) is 0. The maximum absolute atomic E-state index is 10.6. The molecule has 3 N–H and O–H groups in total. The van der Waals surface area contributed by atoms with E-state index in [2.05, 4.69) is 32.1 Å². The molecule has 0 fully saturated rings. The molecule has 31 heavy (non-hydrogen) atoms. The van der Waals surface area contributed by atoms with Crippen LogP contribution in [0.3, 0.4) is 0 Å². The number of hydrogen-bond acceptors (Lipinski definition) is 4. The molecule has 3 unspecified atom stereocenters. The quantitative estimate of drug-likeness (QED) is 0.386. The highest BCUT2D eigenvalue weighted by Gasteiger charge is 2.30. The molecule has 1 aromatic rings. The van der Waals surface area contributed by atoms with Gasteiger partial charge in [-0.05, 0) is 104 Å². The van der Waals surface area contributed by atoms with Crippen LogP contribution in [-0.2, 0) is 0 Å². The normalized spacial score (nSPS) is 21.1. The molecule has 1 aromatic carbocycles. The molecule has 172 valence electrons. The van der Waals surface area contributed by atoms with Crippen molar-refractivity contribution in [1.29, 1.82) is 0 Å². The van der Waals surface area contributed by atoms with E-state index in [0.717, 1.165) is 42.6 Å². The van der Waals surface area contributed by atoms with Crippen LogP contribution in [0.5, 0.6) is 11.5 Å². The van der Waals surface area contributed by atoms with E-state index < -0.39 is 11.7 Å². The van der Waals surface area contributed by atoms with Crippen molar-refractivity contribution in [3.63, 3.8) is 0 Å². The zero-order valence-electron chi connectivity index (χ0n) is 20.0. The van der Waals surface area contributed by atoms with E-state index in [9.17, 15) is 15.3 Å². The van der Waals surface area contributed by atoms with E-state index in [1.807, 2.05) is 26.8 Å². The van der Waals surface area contributed by atoms with Crippen LogP contribution in [0, 0.1) is 6.92 Å². The number of phenols is 1. The van der Waals surface area contributed by atoms with Crippen molar-refractivity contribution in [3.8, 4) is 11.5 Å². The highest BCUT2D eigenvalue weighted by Crippen LogP contribution is 2.38. The van der Waals surface area contributed by atoms with Gasteiger partial charge >= 0.3 is 0 Å². The van der Waals surface area contributed by atoms with Crippen LogP contribution >= 0.6 is 0 Å². The lowest BCUT2D eigenvalue weighted by Gasteiger charge is -2.32. The number of ether oxygens (including phenoxy) is 1. The maximum atomic E-state index is 10.6. The SMILES string of the molecule is CC(C)=CCCC(C)(O)C(O)CCC(C)=CCCC1(C)C=Cc2cc(O)cc(C)c2O1. The van der Waals surface area contributed by atoms with Crippen LogP contribution in [0.2, 0.25) is 0 Å². The lowest BCUT2D eigenvalue weighted by atomic mass is 9.89. The third kappa shape index (κ3) is 7.55. The van der Waals surface area contributed by atoms with Crippen molar-refractivity contribution in [1.82, 2.24) is 0 Å². The second-order valence-electron chi connectivity index (χ2n) is 9.75. The molecule has 0 amide bonds. The molecule has 0 aliphatic carbocycles. The molecule has 4 heteroatoms. The molecule has 0 bridgehead atoms. The molecule has 0 radical (unpaired) electrons. The molecule has 0 spiro atoms. The van der Waals surface area contributed by atoms with Gasteiger partial charge in [-0.25, -0.2) is 0 Å². The Morgan fingerprint density at radius 3 is 2.58 bits per heavy atom. The molecule has 1 heterocycles. The van der Waals surface area contributed by atoms with Gasteiger partial charge in [0.25, 0.3) is 0 Å². The number of allylic oxidation sites excluding steroid dienone is 4. The largest absolute Gasteiger partial charge is 0.508 e. The topological polar surface area (TPSA) is 69.9 Å². The van der Waals surface area contributed by atoms with Gasteiger partial charge in [-0.15, -0.1) is 0 Å². The number of phenolic OH excluding ortho intramolecular Hbond substituents is 1. The van der Waals surface area contributed by atoms with Gasteiger partial charge in [-0.1, -0.05) is 29.4 Å². The summed E-state index contributed by atoms with van der Waals surface area (Å²) in [6.07, 6.45) is 12.0. The Balaban J connectivity index is 1.84. The van der Waals surface area contributed by atoms with Crippen LogP contribution < -0.4 is 4.74 Å². The minimum atomic E-state index is -1.07. The lowest BCUT2D eigenvalue weighted by molar-refractivity contribution is -0.0691. The first-order valence-corrected chi connectivity index (χ1v) is 11.3. The van der Waals surface area contributed by atoms with Crippen LogP contribution in [0.15, 0.2) is 41.5 Å². The second kappa shape index (κ2) is 10.5. The Hall–Kier alpha value is -2.04. The fourth-order valence-corrected chi connectivity index (χ4v) is 3.91. The molecule has 1 aliphatic rings. The number of aliphatic hydroxyl groups is 2. The van der Waals surface area contributed by atoms with Gasteiger partial charge in [-0.2, -0.15) is 0 Å². The first kappa shape index (κ1) is 25.2. The van der Waals surface area contributed by atoms with Crippen LogP contribution in [0.25, 0.3) is 6.08 Å². The van der Waals surface area contributed by atoms with Gasteiger partial charge in [0.05, 0.1) is 11.7 Å². The number of benzene rings is 1. The molecule has 0 aromatic heterocycles. The van der Waals surface area contributed by atoms with Crippen molar-refractivity contribution < 1.29 is 20.1 Å². The summed E-state index contributed by atoms with van der Waals surface area (Å²) < 4.78 is 6.28. The van der Waals surface area contributed by atoms with Crippen molar-refractivity contribution in [2.45, 2.75) is 97.4 Å². The third-order valence-corrected chi connectivity index (χ3v) is 6.11. The maximum Gasteiger partial charge on any atom is 0.131 e. The van der Waals surface area contributed by atoms with Gasteiger partial charge in [0.2, 0.25) is 0 Å². The van der Waals surface area contributed by atoms with E-state index in [1.54, 1.807) is 19.1 Å². The summed E-state index contributed by atoms with van der Waals surface area (Å²) in [5.74, 6) is 1.09. The zero-order chi connectivity index (χ0) is 23.2. The Kier molecular flexibility index (Phi) is 8.56. The van der Waals surface area contributed by atoms with Crippen molar-refractivity contribution in [3.05, 3.63) is 52.6 Å². The van der Waals surface area contributed by atoms with Gasteiger partial charge < -0.3 is 20.1 Å². The summed E-state index contributed by atoms with van der Waals surface area (Å²) in [6.45, 7) is 11.9. The summed E-state index contributed by atoms with van der Waals surface area (Å²) >= 11 is 0. The predicted molar refractivity (Wildman–Crippen MR) is 128 cm³/mol. The minimum Gasteiger partial charge on any atom is -0.508 e. The molecule has 2 rings (SSSR count). The van der Waals surface area contributed by atoms with E-state index in [0.29, 0.717) is 12.8 Å². The Labute approximate surface area is 188 Å². The van der Waals surface area contributed by atoms with Gasteiger partial charge in [0, 0.05) is 5.56 Å². The van der Waals surface area contributed by atoms with E-state index >= 15 is 0 Å². The van der Waals surface area contributed by atoms with Crippen molar-refractivity contribution in [2.75, 3.05) is 0 Å². The first-order valence-electron chi connectivity index (χ1n) is 11.3. The number of rotatable bonds is 10. The van der Waals surface area contributed by atoms with Crippen molar-refractivity contribution in [2.24, 2.45) is 0 Å². The fraction of sp³-hybridized carbons (Fsp3) is 0.556. The van der Waals surface area contributed by atoms with E-state index in [4.69, 9.17) is 4.74 Å². The molecule has 4 nitrogen and oxygen atoms in total. The third-order valence-electron chi connectivity index (χ3n) is 6.11. The van der Waals surface area contributed by atoms with Gasteiger partial charge in [0.15, 0.2) is 0 Å². The second-order valence-corrected chi connectivity index (χ2v) is 9.75. The first-order chi connectivity index (χ1) is 14.4. The monoisotopic (exact) mass is 428 g/mol. The number of aromatic hydroxyl groups is 1. The van der Waals surface area contributed by atoms with Crippen molar-refractivity contribution >= 4 is 6.08 Å². The average Bonchev–Trinajstić information content (AvgIpc) is 2.66. The molecule has 0 saturated heterocycles. The van der Waals surface area contributed by atoms with Crippen LogP contribution in [0.4, 0.5) is 0 Å². The molecule has 0 saturated carbocycles. The summed E-state index contributed by atoms with van der Waals surface area (Å²) in [5.41, 5.74) is 2.82. The highest BCUT2D eigenvalue weighted by molar-refractivity contribution is 5.65. The van der Waals surface area contributed by atoms with E-state index in [-0.39, 0.29) is 11.4 Å². The number of aliphatic hydroxyl groups excluding tert-OH is 1. The van der Waals surface area contributed by atoms with Crippen LogP contribution in [0.1, 0.15) is 84.3 Å². The standard InChI is InChI=1S/C27H40O4/c1-19(2)9-7-15-27(6,30)24(29)12-11-20(3)10-8-14-26(5)16-13-22-18-23(28)17-21(4)25(22)31-26/h9-10,13,16-18,24,28-30H,7-8,11-12,14-15H2,1-6H3.